The molecule has 14 heteroatoms. The molecule has 42 heavy (non-hydrogen) atoms. The number of benzene rings is 2. The number of nitrogens with one attached hydrogen (secondary N) is 3. The molecule has 0 aliphatic rings. The fraction of sp³-hybridized carbons (Fsp3) is 0.179. The van der Waals surface area contributed by atoms with E-state index in [9.17, 15) is 13.2 Å². The number of imidazole rings is 1. The van der Waals surface area contributed by atoms with Gasteiger partial charge in [0.15, 0.2) is 11.5 Å². The number of nitrogen functional groups attached to an aromatic ring is 1. The summed E-state index contributed by atoms with van der Waals surface area (Å²) in [7, 11) is -3.39. The zero-order chi connectivity index (χ0) is 29.6. The van der Waals surface area contributed by atoms with Crippen molar-refractivity contribution in [1.29, 1.82) is 0 Å². The molecule has 2 aromatic carbocycles. The van der Waals surface area contributed by atoms with Gasteiger partial charge in [0, 0.05) is 16.8 Å². The number of rotatable bonds is 8. The molecule has 1 amide bonds. The van der Waals surface area contributed by atoms with E-state index in [4.69, 9.17) is 10.3 Å². The molecule has 0 spiro atoms. The Labute approximate surface area is 240 Å². The summed E-state index contributed by atoms with van der Waals surface area (Å²) in [6.07, 6.45) is 4.19. The van der Waals surface area contributed by atoms with Crippen LogP contribution in [-0.2, 0) is 23.1 Å². The van der Waals surface area contributed by atoms with Gasteiger partial charge in [-0.2, -0.15) is 0 Å². The first kappa shape index (κ1) is 27.0. The van der Waals surface area contributed by atoms with Crippen molar-refractivity contribution in [2.45, 2.75) is 26.9 Å². The molecule has 13 nitrogen and oxygen atoms in total. The van der Waals surface area contributed by atoms with Gasteiger partial charge < -0.3 is 25.1 Å². The minimum Gasteiger partial charge on any atom is -0.382 e. The van der Waals surface area contributed by atoms with Crippen molar-refractivity contribution >= 4 is 49.5 Å². The van der Waals surface area contributed by atoms with E-state index in [0.717, 1.165) is 39.5 Å². The lowest BCUT2D eigenvalue weighted by atomic mass is 10.00. The van der Waals surface area contributed by atoms with E-state index in [2.05, 4.69) is 41.2 Å². The Morgan fingerprint density at radius 2 is 1.86 bits per heavy atom. The van der Waals surface area contributed by atoms with Crippen molar-refractivity contribution in [2.75, 3.05) is 16.7 Å². The van der Waals surface area contributed by atoms with Crippen LogP contribution in [0.2, 0.25) is 0 Å². The van der Waals surface area contributed by atoms with E-state index in [0.29, 0.717) is 46.2 Å². The van der Waals surface area contributed by atoms with Gasteiger partial charge in [0.1, 0.15) is 23.2 Å². The first-order valence-corrected chi connectivity index (χ1v) is 14.8. The molecule has 0 saturated carbocycles. The van der Waals surface area contributed by atoms with Gasteiger partial charge in [0.25, 0.3) is 5.91 Å². The highest BCUT2D eigenvalue weighted by Gasteiger charge is 2.18. The minimum absolute atomic E-state index is 0.260. The third kappa shape index (κ3) is 5.26. The largest absolute Gasteiger partial charge is 0.382 e. The lowest BCUT2D eigenvalue weighted by Gasteiger charge is -2.11. The fourth-order valence-electron chi connectivity index (χ4n) is 4.98. The van der Waals surface area contributed by atoms with Crippen molar-refractivity contribution in [2.24, 2.45) is 0 Å². The van der Waals surface area contributed by atoms with Crippen molar-refractivity contribution in [1.82, 2.24) is 35.0 Å². The van der Waals surface area contributed by atoms with Gasteiger partial charge in [0.2, 0.25) is 10.0 Å². The van der Waals surface area contributed by atoms with Crippen LogP contribution in [0.3, 0.4) is 0 Å². The smallest absolute Gasteiger partial charge is 0.257 e. The number of H-pyrrole nitrogens is 1. The lowest BCUT2D eigenvalue weighted by Crippen LogP contribution is -2.23. The Balaban J connectivity index is 1.37. The molecule has 214 valence electrons. The monoisotopic (exact) mass is 585 g/mol. The SMILES string of the molecule is Cc1noc(C)c1C(=O)NCc1cc2cc(-c3ccc(NS(C)(=O)=O)cc3)cc(Cn3cnc4c(N)ncnc43)c2[nH]1. The van der Waals surface area contributed by atoms with E-state index < -0.39 is 10.0 Å². The van der Waals surface area contributed by atoms with Gasteiger partial charge in [-0.25, -0.2) is 23.4 Å². The Bertz CT molecular complexity index is 2060. The van der Waals surface area contributed by atoms with Gasteiger partial charge in [-0.1, -0.05) is 17.3 Å². The molecule has 4 heterocycles. The maximum atomic E-state index is 12.8. The second-order valence-electron chi connectivity index (χ2n) is 10.0. The van der Waals surface area contributed by atoms with Crippen molar-refractivity contribution in [3.05, 3.63) is 83.4 Å². The van der Waals surface area contributed by atoms with Gasteiger partial charge in [0.05, 0.1) is 36.9 Å². The zero-order valence-corrected chi connectivity index (χ0v) is 23.8. The molecule has 5 N–H and O–H groups in total. The maximum absolute atomic E-state index is 12.8. The van der Waals surface area contributed by atoms with Crippen molar-refractivity contribution < 1.29 is 17.7 Å². The van der Waals surface area contributed by atoms with Crippen LogP contribution in [0.5, 0.6) is 0 Å². The summed E-state index contributed by atoms with van der Waals surface area (Å²) in [4.78, 5) is 29.1. The second kappa shape index (κ2) is 10.3. The van der Waals surface area contributed by atoms with Crippen LogP contribution in [0.25, 0.3) is 33.2 Å². The predicted molar refractivity (Wildman–Crippen MR) is 158 cm³/mol. The fourth-order valence-corrected chi connectivity index (χ4v) is 5.54. The first-order valence-electron chi connectivity index (χ1n) is 12.9. The molecular formula is C28H27N9O4S. The predicted octanol–water partition coefficient (Wildman–Crippen LogP) is 3.51. The van der Waals surface area contributed by atoms with E-state index in [1.807, 2.05) is 28.8 Å². The molecule has 4 aromatic heterocycles. The molecule has 0 fully saturated rings. The molecule has 0 aliphatic carbocycles. The second-order valence-corrected chi connectivity index (χ2v) is 11.8. The third-order valence-electron chi connectivity index (χ3n) is 6.86. The molecule has 6 aromatic rings. The van der Waals surface area contributed by atoms with Crippen LogP contribution in [0.15, 0.2) is 59.6 Å². The van der Waals surface area contributed by atoms with E-state index in [1.165, 1.54) is 6.33 Å². The number of aromatic nitrogens is 6. The Morgan fingerprint density at radius 1 is 1.07 bits per heavy atom. The van der Waals surface area contributed by atoms with Crippen LogP contribution in [0, 0.1) is 13.8 Å². The zero-order valence-electron chi connectivity index (χ0n) is 23.0. The van der Waals surface area contributed by atoms with Crippen molar-refractivity contribution in [3.63, 3.8) is 0 Å². The van der Waals surface area contributed by atoms with E-state index >= 15 is 0 Å². The average Bonchev–Trinajstić information content (AvgIpc) is 3.64. The van der Waals surface area contributed by atoms with E-state index in [1.54, 1.807) is 32.3 Å². The average molecular weight is 586 g/mol. The van der Waals surface area contributed by atoms with Gasteiger partial charge in [-0.3, -0.25) is 9.52 Å². The van der Waals surface area contributed by atoms with Crippen LogP contribution in [0.4, 0.5) is 11.5 Å². The molecular weight excluding hydrogens is 558 g/mol. The molecule has 0 atom stereocenters. The van der Waals surface area contributed by atoms with Gasteiger partial charge in [-0.05, 0) is 60.9 Å². The number of carbonyl (C=O) groups excluding carboxylic acids is 1. The third-order valence-corrected chi connectivity index (χ3v) is 7.46. The summed E-state index contributed by atoms with van der Waals surface area (Å²) in [5.74, 6) is 0.496. The highest BCUT2D eigenvalue weighted by Crippen LogP contribution is 2.31. The molecule has 0 aliphatic heterocycles. The highest BCUT2D eigenvalue weighted by molar-refractivity contribution is 7.92. The highest BCUT2D eigenvalue weighted by atomic mass is 32.2. The van der Waals surface area contributed by atoms with Gasteiger partial charge >= 0.3 is 0 Å². The normalized spacial score (nSPS) is 11.8. The summed E-state index contributed by atoms with van der Waals surface area (Å²) in [6.45, 7) is 4.12. The summed E-state index contributed by atoms with van der Waals surface area (Å²) < 4.78 is 32.8. The number of anilines is 2. The standard InChI is InChI=1S/C28H27N9O4S/c1-15-23(16(2)41-35-15)28(38)30-11-22-10-19-8-18(17-4-6-21(7-5-17)36-42(3,39)40)9-20(24(19)34-22)12-37-14-33-25-26(29)31-13-32-27(25)37/h4-10,13-14,34,36H,11-12H2,1-3H3,(H,30,38)(H2,29,31,32). The number of hydrogen-bond donors (Lipinski definition) is 4. The minimum atomic E-state index is -3.39. The molecule has 6 rings (SSSR count). The number of hydrogen-bond acceptors (Lipinski definition) is 9. The topological polar surface area (TPSA) is 187 Å². The summed E-state index contributed by atoms with van der Waals surface area (Å²) >= 11 is 0. The number of carbonyl (C=O) groups is 1. The molecule has 0 saturated heterocycles. The number of aryl methyl sites for hydroxylation is 2. The number of nitrogens with two attached hydrogens (primary N) is 1. The van der Waals surface area contributed by atoms with Crippen LogP contribution < -0.4 is 15.8 Å². The van der Waals surface area contributed by atoms with Crippen LogP contribution in [0.1, 0.15) is 33.1 Å². The van der Waals surface area contributed by atoms with Gasteiger partial charge in [-0.15, -0.1) is 0 Å². The number of amides is 1. The number of aromatic amines is 1. The summed E-state index contributed by atoms with van der Waals surface area (Å²) in [6, 6.07) is 13.2. The lowest BCUT2D eigenvalue weighted by molar-refractivity contribution is 0.0948. The quantitative estimate of drug-likeness (QED) is 0.207. The number of nitrogens with zero attached hydrogens (tertiary/aromatic N) is 5. The first-order chi connectivity index (χ1) is 20.1. The Morgan fingerprint density at radius 3 is 2.57 bits per heavy atom. The van der Waals surface area contributed by atoms with Crippen LogP contribution >= 0.6 is 0 Å². The maximum Gasteiger partial charge on any atom is 0.257 e. The van der Waals surface area contributed by atoms with E-state index in [-0.39, 0.29) is 12.5 Å². The Hall–Kier alpha value is -5.24. The molecule has 0 radical (unpaired) electrons. The number of fused-ring (bicyclic) bond motifs is 2. The molecule has 0 bridgehead atoms. The summed E-state index contributed by atoms with van der Waals surface area (Å²) in [5.41, 5.74) is 13.0. The summed E-state index contributed by atoms with van der Waals surface area (Å²) in [5, 5.41) is 7.73. The molecule has 0 unspecified atom stereocenters. The Kier molecular flexibility index (Phi) is 6.61. The van der Waals surface area contributed by atoms with Crippen LogP contribution in [-0.4, -0.2) is 50.2 Å². The van der Waals surface area contributed by atoms with Crippen molar-refractivity contribution in [3.8, 4) is 11.1 Å². The number of sulfonamides is 1.